The molecule has 1 aliphatic rings. The van der Waals surface area contributed by atoms with Crippen molar-refractivity contribution in [3.8, 4) is 11.5 Å². The van der Waals surface area contributed by atoms with Crippen LogP contribution in [0.5, 0.6) is 11.5 Å². The van der Waals surface area contributed by atoms with Crippen LogP contribution in [0.15, 0.2) is 48.5 Å². The summed E-state index contributed by atoms with van der Waals surface area (Å²) in [5.41, 5.74) is 6.69. The van der Waals surface area contributed by atoms with E-state index in [0.29, 0.717) is 24.5 Å². The Morgan fingerprint density at radius 1 is 1.03 bits per heavy atom. The van der Waals surface area contributed by atoms with Gasteiger partial charge in [0.15, 0.2) is 0 Å². The van der Waals surface area contributed by atoms with Crippen LogP contribution in [0.2, 0.25) is 0 Å². The molecule has 0 aromatic heterocycles. The maximum atomic E-state index is 13.2. The number of amides is 3. The number of methoxy groups -OCH3 is 2. The average molecular weight is 468 g/mol. The number of unbranched alkanes of at least 4 members (excludes halogenated alkanes) is 1. The van der Waals surface area contributed by atoms with Gasteiger partial charge >= 0.3 is 0 Å². The van der Waals surface area contributed by atoms with E-state index in [9.17, 15) is 14.4 Å². The third kappa shape index (κ3) is 6.07. The van der Waals surface area contributed by atoms with E-state index in [-0.39, 0.29) is 30.6 Å². The molecule has 2 aromatic carbocycles. The highest BCUT2D eigenvalue weighted by atomic mass is 16.5. The maximum absolute atomic E-state index is 13.2. The molecule has 0 saturated carbocycles. The van der Waals surface area contributed by atoms with E-state index < -0.39 is 12.0 Å². The van der Waals surface area contributed by atoms with Crippen molar-refractivity contribution in [1.82, 2.24) is 15.8 Å². The lowest BCUT2D eigenvalue weighted by molar-refractivity contribution is -0.144. The quantitative estimate of drug-likeness (QED) is 0.552. The summed E-state index contributed by atoms with van der Waals surface area (Å²) in [4.78, 5) is 40.3. The first-order valence-corrected chi connectivity index (χ1v) is 11.6. The first kappa shape index (κ1) is 25.1. The van der Waals surface area contributed by atoms with Crippen molar-refractivity contribution < 1.29 is 23.9 Å². The summed E-state index contributed by atoms with van der Waals surface area (Å²) >= 11 is 0. The molecule has 0 bridgehead atoms. The van der Waals surface area contributed by atoms with E-state index in [1.807, 2.05) is 24.3 Å². The van der Waals surface area contributed by atoms with Crippen molar-refractivity contribution in [2.45, 2.75) is 45.1 Å². The molecule has 2 atom stereocenters. The molecule has 2 aromatic rings. The van der Waals surface area contributed by atoms with Crippen LogP contribution in [0.1, 0.15) is 49.8 Å². The zero-order chi connectivity index (χ0) is 24.5. The number of hydrogen-bond donors (Lipinski definition) is 2. The Hall–Kier alpha value is -3.55. The molecule has 0 aliphatic carbocycles. The molecular formula is C26H33N3O5. The molecule has 1 aliphatic heterocycles. The summed E-state index contributed by atoms with van der Waals surface area (Å²) in [5.74, 6) is 0.184. The molecule has 3 rings (SSSR count). The summed E-state index contributed by atoms with van der Waals surface area (Å²) in [5, 5.41) is 0. The lowest BCUT2D eigenvalue weighted by Crippen LogP contribution is -2.52. The predicted octanol–water partition coefficient (Wildman–Crippen LogP) is 3.17. The number of hydrazine groups is 1. The molecule has 1 fully saturated rings. The minimum atomic E-state index is -0.521. The smallest absolute Gasteiger partial charge is 0.243 e. The number of nitrogens with zero attached hydrogens (tertiary/aromatic N) is 1. The van der Waals surface area contributed by atoms with Gasteiger partial charge in [-0.15, -0.1) is 0 Å². The third-order valence-corrected chi connectivity index (χ3v) is 6.10. The fourth-order valence-electron chi connectivity index (χ4n) is 4.31. The molecule has 8 nitrogen and oxygen atoms in total. The fraction of sp³-hybridized carbons (Fsp3) is 0.423. The lowest BCUT2D eigenvalue weighted by atomic mass is 9.83. The van der Waals surface area contributed by atoms with E-state index in [2.05, 4.69) is 17.8 Å². The summed E-state index contributed by atoms with van der Waals surface area (Å²) in [6, 6.07) is 14.2. The largest absolute Gasteiger partial charge is 0.497 e. The summed E-state index contributed by atoms with van der Waals surface area (Å²) in [6.07, 6.45) is 2.56. The van der Waals surface area contributed by atoms with Gasteiger partial charge < -0.3 is 14.4 Å². The maximum Gasteiger partial charge on any atom is 0.243 e. The van der Waals surface area contributed by atoms with Crippen molar-refractivity contribution >= 4 is 17.7 Å². The summed E-state index contributed by atoms with van der Waals surface area (Å²) in [7, 11) is 3.16. The van der Waals surface area contributed by atoms with E-state index in [0.717, 1.165) is 24.0 Å². The molecule has 2 N–H and O–H groups in total. The number of benzene rings is 2. The van der Waals surface area contributed by atoms with Gasteiger partial charge in [0.25, 0.3) is 0 Å². The van der Waals surface area contributed by atoms with E-state index in [1.54, 1.807) is 43.4 Å². The molecule has 34 heavy (non-hydrogen) atoms. The molecule has 0 spiro atoms. The van der Waals surface area contributed by atoms with Gasteiger partial charge in [-0.2, -0.15) is 0 Å². The number of hydrogen-bond acceptors (Lipinski definition) is 5. The van der Waals surface area contributed by atoms with Crippen LogP contribution in [0.4, 0.5) is 0 Å². The zero-order valence-corrected chi connectivity index (χ0v) is 20.0. The third-order valence-electron chi connectivity index (χ3n) is 6.10. The normalized spacial score (nSPS) is 17.7. The highest BCUT2D eigenvalue weighted by Crippen LogP contribution is 2.40. The second-order valence-corrected chi connectivity index (χ2v) is 8.33. The SMILES string of the molecule is CCCCN1C(=O)CCC(C(=O)NNC(=O)Cc2ccc(OC)cc2)C1c1ccccc1OC. The van der Waals surface area contributed by atoms with Crippen molar-refractivity contribution in [1.29, 1.82) is 0 Å². The van der Waals surface area contributed by atoms with Gasteiger partial charge in [-0.05, 0) is 36.6 Å². The number of piperidine rings is 1. The molecule has 0 radical (unpaired) electrons. The first-order valence-electron chi connectivity index (χ1n) is 11.6. The lowest BCUT2D eigenvalue weighted by Gasteiger charge is -2.41. The summed E-state index contributed by atoms with van der Waals surface area (Å²) in [6.45, 7) is 2.63. The standard InChI is InChI=1S/C26H33N3O5/c1-4-5-16-29-24(31)15-14-21(25(29)20-8-6-7-9-22(20)34-3)26(32)28-27-23(30)17-18-10-12-19(33-2)13-11-18/h6-13,21,25H,4-5,14-17H2,1-3H3,(H,27,30)(H,28,32). The van der Waals surface area contributed by atoms with Crippen LogP contribution in [-0.2, 0) is 20.8 Å². The van der Waals surface area contributed by atoms with Crippen molar-refractivity contribution in [2.75, 3.05) is 20.8 Å². The van der Waals surface area contributed by atoms with Crippen LogP contribution >= 0.6 is 0 Å². The number of likely N-dealkylation sites (tertiary alicyclic amines) is 1. The number of para-hydroxylation sites is 1. The van der Waals surface area contributed by atoms with Gasteiger partial charge in [-0.25, -0.2) is 0 Å². The average Bonchev–Trinajstić information content (AvgIpc) is 2.86. The fourth-order valence-corrected chi connectivity index (χ4v) is 4.31. The molecule has 182 valence electrons. The predicted molar refractivity (Wildman–Crippen MR) is 128 cm³/mol. The molecular weight excluding hydrogens is 434 g/mol. The zero-order valence-electron chi connectivity index (χ0n) is 20.0. The van der Waals surface area contributed by atoms with E-state index >= 15 is 0 Å². The highest BCUT2D eigenvalue weighted by molar-refractivity contribution is 5.87. The van der Waals surface area contributed by atoms with Gasteiger partial charge in [-0.3, -0.25) is 25.2 Å². The van der Waals surface area contributed by atoms with Gasteiger partial charge in [0.1, 0.15) is 11.5 Å². The second kappa shape index (κ2) is 12.1. The van der Waals surface area contributed by atoms with Crippen LogP contribution in [-0.4, -0.2) is 43.4 Å². The minimum Gasteiger partial charge on any atom is -0.497 e. The van der Waals surface area contributed by atoms with E-state index in [1.165, 1.54) is 0 Å². The monoisotopic (exact) mass is 467 g/mol. The number of ether oxygens (including phenoxy) is 2. The number of carbonyl (C=O) groups excluding carboxylic acids is 3. The minimum absolute atomic E-state index is 0.0250. The number of nitrogens with one attached hydrogen (secondary N) is 2. The van der Waals surface area contributed by atoms with Gasteiger partial charge in [0.2, 0.25) is 17.7 Å². The van der Waals surface area contributed by atoms with Crippen LogP contribution in [0.25, 0.3) is 0 Å². The topological polar surface area (TPSA) is 97.0 Å². The Bertz CT molecular complexity index is 992. The Morgan fingerprint density at radius 2 is 1.76 bits per heavy atom. The summed E-state index contributed by atoms with van der Waals surface area (Å²) < 4.78 is 10.7. The Balaban J connectivity index is 1.74. The highest BCUT2D eigenvalue weighted by Gasteiger charge is 2.41. The van der Waals surface area contributed by atoms with Gasteiger partial charge in [0, 0.05) is 18.5 Å². The van der Waals surface area contributed by atoms with Crippen molar-refractivity contribution in [2.24, 2.45) is 5.92 Å². The molecule has 3 amide bonds. The van der Waals surface area contributed by atoms with Crippen LogP contribution < -0.4 is 20.3 Å². The Kier molecular flexibility index (Phi) is 8.90. The molecule has 2 unspecified atom stereocenters. The molecule has 8 heteroatoms. The first-order chi connectivity index (χ1) is 16.5. The number of carbonyl (C=O) groups is 3. The van der Waals surface area contributed by atoms with E-state index in [4.69, 9.17) is 9.47 Å². The van der Waals surface area contributed by atoms with Crippen LogP contribution in [0.3, 0.4) is 0 Å². The second-order valence-electron chi connectivity index (χ2n) is 8.33. The van der Waals surface area contributed by atoms with Crippen molar-refractivity contribution in [3.05, 3.63) is 59.7 Å². The van der Waals surface area contributed by atoms with Gasteiger partial charge in [-0.1, -0.05) is 43.7 Å². The molecule has 1 heterocycles. The van der Waals surface area contributed by atoms with Crippen molar-refractivity contribution in [3.63, 3.8) is 0 Å². The van der Waals surface area contributed by atoms with Gasteiger partial charge in [0.05, 0.1) is 32.6 Å². The number of rotatable bonds is 9. The Labute approximate surface area is 200 Å². The van der Waals surface area contributed by atoms with Crippen LogP contribution in [0, 0.1) is 5.92 Å². The molecule has 1 saturated heterocycles. The Morgan fingerprint density at radius 3 is 2.44 bits per heavy atom.